The number of rotatable bonds is 10. The number of hydrogen-bond acceptors (Lipinski definition) is 4. The first-order valence-corrected chi connectivity index (χ1v) is 15.2. The summed E-state index contributed by atoms with van der Waals surface area (Å²) in [7, 11) is 0. The first-order valence-electron chi connectivity index (χ1n) is 15.2. The molecule has 1 unspecified atom stereocenters. The van der Waals surface area contributed by atoms with Crippen molar-refractivity contribution in [1.29, 1.82) is 0 Å². The maximum atomic E-state index is 14.2. The fourth-order valence-corrected chi connectivity index (χ4v) is 5.96. The summed E-state index contributed by atoms with van der Waals surface area (Å²) >= 11 is 0. The van der Waals surface area contributed by atoms with Gasteiger partial charge in [0.1, 0.15) is 17.5 Å². The van der Waals surface area contributed by atoms with Crippen molar-refractivity contribution in [2.24, 2.45) is 0 Å². The van der Waals surface area contributed by atoms with Gasteiger partial charge in [0, 0.05) is 30.7 Å². The number of carbonyl (C=O) groups is 1. The second kappa shape index (κ2) is 14.0. The first kappa shape index (κ1) is 28.4. The highest BCUT2D eigenvalue weighted by molar-refractivity contribution is 5.95. The van der Waals surface area contributed by atoms with Crippen LogP contribution in [0.5, 0.6) is 11.5 Å². The molecule has 1 aliphatic rings. The molecule has 5 aromatic rings. The summed E-state index contributed by atoms with van der Waals surface area (Å²) in [4.78, 5) is 21.0. The van der Waals surface area contributed by atoms with E-state index in [-0.39, 0.29) is 5.91 Å². The highest BCUT2D eigenvalue weighted by Gasteiger charge is 2.34. The molecule has 0 aliphatic heterocycles. The summed E-state index contributed by atoms with van der Waals surface area (Å²) in [5.74, 6) is 1.43. The van der Waals surface area contributed by atoms with Gasteiger partial charge in [-0.05, 0) is 77.6 Å². The SMILES string of the molecule is O=C(Nc1ccc(Oc2ccccc2)cc1)C(c1cccnc1)N(Cc1ccc(-c2ccccc2)cc1)C1CCCCC1. The number of para-hydroxylation sites is 1. The predicted octanol–water partition coefficient (Wildman–Crippen LogP) is 9.06. The Balaban J connectivity index is 1.26. The largest absolute Gasteiger partial charge is 0.457 e. The van der Waals surface area contributed by atoms with E-state index in [4.69, 9.17) is 4.74 Å². The quantitative estimate of drug-likeness (QED) is 0.183. The third-order valence-corrected chi connectivity index (χ3v) is 8.15. The van der Waals surface area contributed by atoms with Crippen LogP contribution in [-0.2, 0) is 11.3 Å². The highest BCUT2D eigenvalue weighted by atomic mass is 16.5. The summed E-state index contributed by atoms with van der Waals surface area (Å²) in [5, 5.41) is 3.20. The van der Waals surface area contributed by atoms with Crippen LogP contribution >= 0.6 is 0 Å². The van der Waals surface area contributed by atoms with Crippen molar-refractivity contribution >= 4 is 11.6 Å². The van der Waals surface area contributed by atoms with Gasteiger partial charge < -0.3 is 10.1 Å². The molecule has 0 bridgehead atoms. The number of anilines is 1. The van der Waals surface area contributed by atoms with E-state index in [0.29, 0.717) is 12.6 Å². The third kappa shape index (κ3) is 7.37. The summed E-state index contributed by atoms with van der Waals surface area (Å²) < 4.78 is 5.95. The van der Waals surface area contributed by atoms with Gasteiger partial charge in [-0.15, -0.1) is 0 Å². The number of aromatic nitrogens is 1. The van der Waals surface area contributed by atoms with Gasteiger partial charge in [-0.3, -0.25) is 14.7 Å². The van der Waals surface area contributed by atoms with Crippen LogP contribution in [0.15, 0.2) is 134 Å². The number of amides is 1. The van der Waals surface area contributed by atoms with Crippen LogP contribution in [0.25, 0.3) is 11.1 Å². The van der Waals surface area contributed by atoms with E-state index in [0.717, 1.165) is 35.6 Å². The maximum absolute atomic E-state index is 14.2. The predicted molar refractivity (Wildman–Crippen MR) is 173 cm³/mol. The molecule has 5 nitrogen and oxygen atoms in total. The van der Waals surface area contributed by atoms with Crippen molar-refractivity contribution in [3.63, 3.8) is 0 Å². The summed E-state index contributed by atoms with van der Waals surface area (Å²) in [6, 6.07) is 40.2. The van der Waals surface area contributed by atoms with Crippen LogP contribution in [0.4, 0.5) is 5.69 Å². The standard InChI is InChI=1S/C38H37N3O2/c42-38(40-33-22-24-36(25-23-33)43-35-16-8-3-9-17-35)37(32-13-10-26-39-27-32)41(34-14-6-2-7-15-34)28-29-18-20-31(21-19-29)30-11-4-1-5-12-30/h1,3-5,8-13,16-27,34,37H,2,6-7,14-15,28H2,(H,40,42). The number of pyridine rings is 1. The zero-order valence-corrected chi connectivity index (χ0v) is 24.3. The molecule has 6 rings (SSSR count). The van der Waals surface area contributed by atoms with Crippen LogP contribution in [0.2, 0.25) is 0 Å². The number of benzene rings is 4. The minimum Gasteiger partial charge on any atom is -0.457 e. The Morgan fingerprint density at radius 2 is 1.40 bits per heavy atom. The molecule has 0 saturated heterocycles. The van der Waals surface area contributed by atoms with Gasteiger partial charge in [0.25, 0.3) is 0 Å². The molecule has 216 valence electrons. The molecular weight excluding hydrogens is 530 g/mol. The monoisotopic (exact) mass is 567 g/mol. The van der Waals surface area contributed by atoms with Crippen LogP contribution in [0.1, 0.15) is 49.3 Å². The fourth-order valence-electron chi connectivity index (χ4n) is 5.96. The lowest BCUT2D eigenvalue weighted by Gasteiger charge is -2.39. The molecular formula is C38H37N3O2. The van der Waals surface area contributed by atoms with Gasteiger partial charge in [0.05, 0.1) is 0 Å². The number of hydrogen-bond donors (Lipinski definition) is 1. The minimum atomic E-state index is -0.481. The number of nitrogens with zero attached hydrogens (tertiary/aromatic N) is 2. The smallest absolute Gasteiger partial charge is 0.246 e. The van der Waals surface area contributed by atoms with E-state index in [2.05, 4.69) is 63.7 Å². The molecule has 1 saturated carbocycles. The second-order valence-electron chi connectivity index (χ2n) is 11.1. The van der Waals surface area contributed by atoms with Gasteiger partial charge in [-0.1, -0.05) is 98.1 Å². The fraction of sp³-hybridized carbons (Fsp3) is 0.211. The topological polar surface area (TPSA) is 54.5 Å². The Kier molecular flexibility index (Phi) is 9.21. The van der Waals surface area contributed by atoms with Crippen molar-refractivity contribution in [2.75, 3.05) is 5.32 Å². The van der Waals surface area contributed by atoms with Crippen LogP contribution in [0, 0.1) is 0 Å². The maximum Gasteiger partial charge on any atom is 0.246 e. The Labute approximate surface area is 254 Å². The Morgan fingerprint density at radius 3 is 2.07 bits per heavy atom. The zero-order valence-electron chi connectivity index (χ0n) is 24.3. The lowest BCUT2D eigenvalue weighted by molar-refractivity contribution is -0.123. The molecule has 1 fully saturated rings. The van der Waals surface area contributed by atoms with Gasteiger partial charge in [-0.2, -0.15) is 0 Å². The lowest BCUT2D eigenvalue weighted by Crippen LogP contribution is -2.44. The number of nitrogens with one attached hydrogen (secondary N) is 1. The van der Waals surface area contributed by atoms with Gasteiger partial charge in [0.15, 0.2) is 0 Å². The number of carbonyl (C=O) groups excluding carboxylic acids is 1. The lowest BCUT2D eigenvalue weighted by atomic mass is 9.91. The van der Waals surface area contributed by atoms with Crippen LogP contribution < -0.4 is 10.1 Å². The van der Waals surface area contributed by atoms with Gasteiger partial charge >= 0.3 is 0 Å². The van der Waals surface area contributed by atoms with Crippen molar-refractivity contribution in [3.05, 3.63) is 145 Å². The zero-order chi connectivity index (χ0) is 29.3. The average molecular weight is 568 g/mol. The van der Waals surface area contributed by atoms with Crippen molar-refractivity contribution in [1.82, 2.24) is 9.88 Å². The summed E-state index contributed by atoms with van der Waals surface area (Å²) in [6.07, 6.45) is 9.36. The van der Waals surface area contributed by atoms with E-state index in [1.807, 2.05) is 79.0 Å². The molecule has 1 aliphatic carbocycles. The summed E-state index contributed by atoms with van der Waals surface area (Å²) in [6.45, 7) is 0.677. The number of ether oxygens (including phenoxy) is 1. The van der Waals surface area contributed by atoms with E-state index in [1.54, 1.807) is 6.20 Å². The van der Waals surface area contributed by atoms with E-state index in [9.17, 15) is 4.79 Å². The molecule has 43 heavy (non-hydrogen) atoms. The third-order valence-electron chi connectivity index (χ3n) is 8.15. The van der Waals surface area contributed by atoms with Crippen molar-refractivity contribution < 1.29 is 9.53 Å². The second-order valence-corrected chi connectivity index (χ2v) is 11.1. The van der Waals surface area contributed by atoms with Gasteiger partial charge in [0.2, 0.25) is 5.91 Å². The normalized spacial score (nSPS) is 14.3. The average Bonchev–Trinajstić information content (AvgIpc) is 3.07. The molecule has 0 spiro atoms. The van der Waals surface area contributed by atoms with E-state index >= 15 is 0 Å². The molecule has 5 heteroatoms. The molecule has 1 N–H and O–H groups in total. The Hall–Kier alpha value is -4.74. The highest BCUT2D eigenvalue weighted by Crippen LogP contribution is 2.34. The van der Waals surface area contributed by atoms with Gasteiger partial charge in [-0.25, -0.2) is 0 Å². The molecule has 1 aromatic heterocycles. The molecule has 4 aromatic carbocycles. The molecule has 1 atom stereocenters. The van der Waals surface area contributed by atoms with Crippen LogP contribution in [-0.4, -0.2) is 21.8 Å². The minimum absolute atomic E-state index is 0.0591. The Bertz CT molecular complexity index is 1570. The summed E-state index contributed by atoms with van der Waals surface area (Å²) in [5.41, 5.74) is 5.21. The van der Waals surface area contributed by atoms with Crippen molar-refractivity contribution in [2.45, 2.75) is 50.7 Å². The molecule has 0 radical (unpaired) electrons. The molecule has 1 heterocycles. The Morgan fingerprint density at radius 1 is 0.744 bits per heavy atom. The van der Waals surface area contributed by atoms with E-state index in [1.165, 1.54) is 36.0 Å². The van der Waals surface area contributed by atoms with E-state index < -0.39 is 6.04 Å². The first-order chi connectivity index (χ1) is 21.2. The van der Waals surface area contributed by atoms with Crippen LogP contribution in [0.3, 0.4) is 0 Å². The van der Waals surface area contributed by atoms with Crippen molar-refractivity contribution in [3.8, 4) is 22.6 Å². The molecule has 1 amide bonds.